The summed E-state index contributed by atoms with van der Waals surface area (Å²) in [4.78, 5) is 36.4. The van der Waals surface area contributed by atoms with Gasteiger partial charge in [0.2, 0.25) is 11.8 Å². The number of rotatable bonds is 6. The fourth-order valence-corrected chi connectivity index (χ4v) is 3.40. The van der Waals surface area contributed by atoms with Crippen molar-refractivity contribution in [1.29, 1.82) is 0 Å². The van der Waals surface area contributed by atoms with Crippen LogP contribution in [0.25, 0.3) is 0 Å². The van der Waals surface area contributed by atoms with Gasteiger partial charge in [-0.2, -0.15) is 0 Å². The number of carboxylic acid groups (broad SMARTS) is 1. The Kier molecular flexibility index (Phi) is 5.43. The van der Waals surface area contributed by atoms with Gasteiger partial charge in [-0.1, -0.05) is 26.0 Å². The Labute approximate surface area is 139 Å². The molecule has 0 aromatic heterocycles. The van der Waals surface area contributed by atoms with E-state index in [1.807, 2.05) is 12.1 Å². The van der Waals surface area contributed by atoms with Crippen LogP contribution in [0.15, 0.2) is 24.3 Å². The Bertz CT molecular complexity index is 615. The van der Waals surface area contributed by atoms with Gasteiger partial charge in [0.1, 0.15) is 6.04 Å². The monoisotopic (exact) mass is 336 g/mol. The minimum Gasteiger partial charge on any atom is -0.480 e. The van der Waals surface area contributed by atoms with E-state index in [9.17, 15) is 14.4 Å². The fourth-order valence-electron chi connectivity index (χ4n) is 2.30. The zero-order chi connectivity index (χ0) is 17.1. The molecular formula is C16H20N2O4S. The lowest BCUT2D eigenvalue weighted by Gasteiger charge is -2.16. The van der Waals surface area contributed by atoms with Crippen LogP contribution in [-0.2, 0) is 14.4 Å². The van der Waals surface area contributed by atoms with Crippen LogP contribution < -0.4 is 10.6 Å². The first-order chi connectivity index (χ1) is 10.8. The van der Waals surface area contributed by atoms with E-state index in [1.165, 1.54) is 4.90 Å². The average molecular weight is 336 g/mol. The van der Waals surface area contributed by atoms with Gasteiger partial charge < -0.3 is 10.8 Å². The summed E-state index contributed by atoms with van der Waals surface area (Å²) in [5.74, 6) is -1.23. The summed E-state index contributed by atoms with van der Waals surface area (Å²) in [6, 6.07) is 6.30. The molecule has 2 unspecified atom stereocenters. The zero-order valence-electron chi connectivity index (χ0n) is 13.1. The van der Waals surface area contributed by atoms with Crippen LogP contribution in [0.1, 0.15) is 31.7 Å². The third-order valence-corrected chi connectivity index (χ3v) is 5.04. The van der Waals surface area contributed by atoms with Crippen molar-refractivity contribution in [3.63, 3.8) is 0 Å². The number of nitrogens with two attached hydrogens (primary N) is 1. The molecule has 1 aliphatic rings. The minimum atomic E-state index is -1.12. The van der Waals surface area contributed by atoms with Gasteiger partial charge in [0.05, 0.1) is 10.9 Å². The minimum absolute atomic E-state index is 0.0712. The van der Waals surface area contributed by atoms with E-state index in [2.05, 4.69) is 13.8 Å². The predicted molar refractivity (Wildman–Crippen MR) is 89.5 cm³/mol. The maximum Gasteiger partial charge on any atom is 0.321 e. The highest BCUT2D eigenvalue weighted by molar-refractivity contribution is 8.00. The summed E-state index contributed by atoms with van der Waals surface area (Å²) >= 11 is 1.12. The SMILES string of the molecule is CC(C)c1ccc(N2C(=O)CC(SCC(N)C(=O)O)C2=O)cc1. The maximum atomic E-state index is 12.4. The molecule has 0 saturated carbocycles. The third-order valence-electron chi connectivity index (χ3n) is 3.72. The molecule has 1 fully saturated rings. The van der Waals surface area contributed by atoms with Crippen molar-refractivity contribution in [3.05, 3.63) is 29.8 Å². The molecule has 0 radical (unpaired) electrons. The molecule has 0 bridgehead atoms. The van der Waals surface area contributed by atoms with Crippen LogP contribution in [0.2, 0.25) is 0 Å². The first kappa shape index (κ1) is 17.5. The molecule has 0 spiro atoms. The summed E-state index contributed by atoms with van der Waals surface area (Å²) in [6.07, 6.45) is 0.0712. The van der Waals surface area contributed by atoms with Crippen molar-refractivity contribution in [1.82, 2.24) is 0 Å². The molecule has 124 valence electrons. The first-order valence-corrected chi connectivity index (χ1v) is 8.43. The van der Waals surface area contributed by atoms with Crippen molar-refractivity contribution < 1.29 is 19.5 Å². The van der Waals surface area contributed by atoms with E-state index >= 15 is 0 Å². The molecule has 1 saturated heterocycles. The number of nitrogens with zero attached hydrogens (tertiary/aromatic N) is 1. The summed E-state index contributed by atoms with van der Waals surface area (Å²) in [5.41, 5.74) is 7.12. The highest BCUT2D eigenvalue weighted by Crippen LogP contribution is 2.30. The lowest BCUT2D eigenvalue weighted by Crippen LogP contribution is -2.35. The molecule has 2 atom stereocenters. The number of thioether (sulfide) groups is 1. The van der Waals surface area contributed by atoms with Gasteiger partial charge in [-0.25, -0.2) is 4.90 Å². The molecule has 7 heteroatoms. The number of anilines is 1. The largest absolute Gasteiger partial charge is 0.480 e. The van der Waals surface area contributed by atoms with Gasteiger partial charge >= 0.3 is 5.97 Å². The number of carbonyl (C=O) groups excluding carboxylic acids is 2. The van der Waals surface area contributed by atoms with Crippen LogP contribution >= 0.6 is 11.8 Å². The van der Waals surface area contributed by atoms with Crippen molar-refractivity contribution in [3.8, 4) is 0 Å². The van der Waals surface area contributed by atoms with Crippen LogP contribution in [0.4, 0.5) is 5.69 Å². The molecule has 3 N–H and O–H groups in total. The Balaban J connectivity index is 2.07. The van der Waals surface area contributed by atoms with E-state index in [0.29, 0.717) is 11.6 Å². The van der Waals surface area contributed by atoms with E-state index in [-0.39, 0.29) is 24.0 Å². The molecule has 1 aliphatic heterocycles. The number of hydrogen-bond donors (Lipinski definition) is 2. The van der Waals surface area contributed by atoms with Crippen molar-refractivity contribution in [2.75, 3.05) is 10.7 Å². The van der Waals surface area contributed by atoms with Crippen molar-refractivity contribution in [2.45, 2.75) is 37.5 Å². The number of aliphatic carboxylic acids is 1. The highest BCUT2D eigenvalue weighted by atomic mass is 32.2. The maximum absolute atomic E-state index is 12.4. The Morgan fingerprint density at radius 1 is 1.35 bits per heavy atom. The highest BCUT2D eigenvalue weighted by Gasteiger charge is 2.40. The molecule has 6 nitrogen and oxygen atoms in total. The molecule has 1 aromatic rings. The number of imide groups is 1. The molecular weight excluding hydrogens is 316 g/mol. The van der Waals surface area contributed by atoms with Gasteiger partial charge in [0, 0.05) is 12.2 Å². The smallest absolute Gasteiger partial charge is 0.321 e. The number of amides is 2. The second-order valence-electron chi connectivity index (χ2n) is 5.78. The number of hydrogen-bond acceptors (Lipinski definition) is 5. The molecule has 1 heterocycles. The Morgan fingerprint density at radius 2 is 1.96 bits per heavy atom. The number of carbonyl (C=O) groups is 3. The fraction of sp³-hybridized carbons (Fsp3) is 0.438. The number of carboxylic acids is 1. The topological polar surface area (TPSA) is 101 Å². The van der Waals surface area contributed by atoms with Crippen LogP contribution in [0, 0.1) is 0 Å². The number of benzene rings is 1. The Morgan fingerprint density at radius 3 is 2.48 bits per heavy atom. The van der Waals surface area contributed by atoms with Crippen LogP contribution in [0.5, 0.6) is 0 Å². The molecule has 2 amide bonds. The normalized spacial score (nSPS) is 19.5. The summed E-state index contributed by atoms with van der Waals surface area (Å²) in [6.45, 7) is 4.14. The summed E-state index contributed by atoms with van der Waals surface area (Å²) < 4.78 is 0. The molecule has 1 aromatic carbocycles. The van der Waals surface area contributed by atoms with Gasteiger partial charge in [0.25, 0.3) is 0 Å². The van der Waals surface area contributed by atoms with E-state index in [0.717, 1.165) is 17.3 Å². The zero-order valence-corrected chi connectivity index (χ0v) is 13.9. The van der Waals surface area contributed by atoms with E-state index in [4.69, 9.17) is 10.8 Å². The second kappa shape index (κ2) is 7.14. The predicted octanol–water partition coefficient (Wildman–Crippen LogP) is 1.59. The van der Waals surface area contributed by atoms with E-state index in [1.54, 1.807) is 12.1 Å². The summed E-state index contributed by atoms with van der Waals surface area (Å²) in [5, 5.41) is 8.20. The van der Waals surface area contributed by atoms with Gasteiger partial charge in [-0.3, -0.25) is 14.4 Å². The van der Waals surface area contributed by atoms with Crippen molar-refractivity contribution in [2.24, 2.45) is 5.73 Å². The quantitative estimate of drug-likeness (QED) is 0.765. The summed E-state index contributed by atoms with van der Waals surface area (Å²) in [7, 11) is 0. The van der Waals surface area contributed by atoms with Crippen molar-refractivity contribution >= 4 is 35.2 Å². The molecule has 23 heavy (non-hydrogen) atoms. The second-order valence-corrected chi connectivity index (χ2v) is 7.02. The van der Waals surface area contributed by atoms with E-state index < -0.39 is 17.3 Å². The van der Waals surface area contributed by atoms with Gasteiger partial charge in [-0.15, -0.1) is 11.8 Å². The van der Waals surface area contributed by atoms with Crippen LogP contribution in [0.3, 0.4) is 0 Å². The lowest BCUT2D eigenvalue weighted by atomic mass is 10.0. The average Bonchev–Trinajstić information content (AvgIpc) is 2.79. The van der Waals surface area contributed by atoms with Crippen LogP contribution in [-0.4, -0.2) is 39.9 Å². The van der Waals surface area contributed by atoms with Gasteiger partial charge in [0.15, 0.2) is 0 Å². The lowest BCUT2D eigenvalue weighted by molar-refractivity contribution is -0.138. The standard InChI is InChI=1S/C16H20N2O4S/c1-9(2)10-3-5-11(6-4-10)18-14(19)7-13(15(18)20)23-8-12(17)16(21)22/h3-6,9,12-13H,7-8,17H2,1-2H3,(H,21,22). The van der Waals surface area contributed by atoms with Gasteiger partial charge in [-0.05, 0) is 23.6 Å². The third kappa shape index (κ3) is 3.92. The first-order valence-electron chi connectivity index (χ1n) is 7.38. The molecule has 0 aliphatic carbocycles. The Hall–Kier alpha value is -1.86. The molecule has 2 rings (SSSR count).